The number of hydrogen-bond donors (Lipinski definition) is 0. The van der Waals surface area contributed by atoms with Gasteiger partial charge in [0.15, 0.2) is 0 Å². The Morgan fingerprint density at radius 1 is 1.36 bits per heavy atom. The first kappa shape index (κ1) is 22.5. The van der Waals surface area contributed by atoms with Crippen molar-refractivity contribution < 1.29 is 18.7 Å². The minimum absolute atomic E-state index is 0.0948. The largest absolute Gasteiger partial charge is 0.444 e. The molecule has 0 radical (unpaired) electrons. The van der Waals surface area contributed by atoms with E-state index in [4.69, 9.17) is 16.3 Å². The van der Waals surface area contributed by atoms with Crippen molar-refractivity contribution in [3.05, 3.63) is 34.6 Å². The molecule has 1 aliphatic heterocycles. The SMILES string of the molecule is CC(C)N(Cc1c(F)cccc1Cl)C(=O)[C@@H]1CCCN(C(=O)OC(C)(C)C)C1. The molecule has 2 amide bonds. The van der Waals surface area contributed by atoms with Crippen molar-refractivity contribution in [3.63, 3.8) is 0 Å². The van der Waals surface area contributed by atoms with Gasteiger partial charge in [-0.25, -0.2) is 9.18 Å². The van der Waals surface area contributed by atoms with E-state index < -0.39 is 17.5 Å². The number of benzene rings is 1. The molecule has 7 heteroatoms. The van der Waals surface area contributed by atoms with Crippen molar-refractivity contribution in [2.45, 2.75) is 65.6 Å². The van der Waals surface area contributed by atoms with Crippen LogP contribution in [0.4, 0.5) is 9.18 Å². The van der Waals surface area contributed by atoms with Crippen molar-refractivity contribution in [2.24, 2.45) is 5.92 Å². The molecule has 0 unspecified atom stereocenters. The lowest BCUT2D eigenvalue weighted by molar-refractivity contribution is -0.139. The zero-order valence-electron chi connectivity index (χ0n) is 17.3. The molecular formula is C21H30ClFN2O3. The third-order valence-corrected chi connectivity index (χ3v) is 5.07. The maximum atomic E-state index is 14.2. The zero-order chi connectivity index (χ0) is 21.1. The average molecular weight is 413 g/mol. The topological polar surface area (TPSA) is 49.9 Å². The summed E-state index contributed by atoms with van der Waals surface area (Å²) >= 11 is 6.15. The Hall–Kier alpha value is -1.82. The van der Waals surface area contributed by atoms with Gasteiger partial charge in [0, 0.05) is 29.7 Å². The number of rotatable bonds is 4. The van der Waals surface area contributed by atoms with E-state index in [1.54, 1.807) is 21.9 Å². The Labute approximate surface area is 171 Å². The smallest absolute Gasteiger partial charge is 0.410 e. The fourth-order valence-electron chi connectivity index (χ4n) is 3.27. The molecule has 1 aromatic rings. The van der Waals surface area contributed by atoms with Crippen LogP contribution in [-0.4, -0.2) is 46.5 Å². The van der Waals surface area contributed by atoms with Crippen LogP contribution in [0.5, 0.6) is 0 Å². The van der Waals surface area contributed by atoms with E-state index in [1.165, 1.54) is 6.07 Å². The van der Waals surface area contributed by atoms with E-state index in [-0.39, 0.29) is 24.4 Å². The summed E-state index contributed by atoms with van der Waals surface area (Å²) in [6.45, 7) is 10.2. The highest BCUT2D eigenvalue weighted by molar-refractivity contribution is 6.31. The molecule has 0 bridgehead atoms. The molecule has 2 rings (SSSR count). The quantitative estimate of drug-likeness (QED) is 0.709. The van der Waals surface area contributed by atoms with E-state index in [0.717, 1.165) is 6.42 Å². The Bertz CT molecular complexity index is 698. The van der Waals surface area contributed by atoms with Gasteiger partial charge in [0.25, 0.3) is 0 Å². The molecule has 0 spiro atoms. The maximum Gasteiger partial charge on any atom is 0.410 e. The highest BCUT2D eigenvalue weighted by Crippen LogP contribution is 2.26. The zero-order valence-corrected chi connectivity index (χ0v) is 18.1. The molecule has 0 aliphatic carbocycles. The van der Waals surface area contributed by atoms with Crippen molar-refractivity contribution in [1.29, 1.82) is 0 Å². The second-order valence-corrected chi connectivity index (χ2v) is 8.93. The lowest BCUT2D eigenvalue weighted by atomic mass is 9.96. The first-order valence-electron chi connectivity index (χ1n) is 9.71. The first-order chi connectivity index (χ1) is 13.0. The summed E-state index contributed by atoms with van der Waals surface area (Å²) in [6, 6.07) is 4.38. The molecule has 1 aliphatic rings. The molecule has 0 saturated carbocycles. The second-order valence-electron chi connectivity index (χ2n) is 8.53. The summed E-state index contributed by atoms with van der Waals surface area (Å²) in [4.78, 5) is 28.8. The molecule has 0 N–H and O–H groups in total. The number of carbonyl (C=O) groups is 2. The van der Waals surface area contributed by atoms with Gasteiger partial charge in [-0.05, 0) is 59.6 Å². The van der Waals surface area contributed by atoms with Gasteiger partial charge < -0.3 is 14.5 Å². The predicted molar refractivity (Wildman–Crippen MR) is 108 cm³/mol. The Balaban J connectivity index is 2.13. The van der Waals surface area contributed by atoms with Crippen LogP contribution < -0.4 is 0 Å². The Kier molecular flexibility index (Phi) is 7.32. The molecule has 1 heterocycles. The predicted octanol–water partition coefficient (Wildman–Crippen LogP) is 4.86. The lowest BCUT2D eigenvalue weighted by Crippen LogP contribution is -2.49. The number of carbonyl (C=O) groups excluding carboxylic acids is 2. The summed E-state index contributed by atoms with van der Waals surface area (Å²) in [5.41, 5.74) is -0.273. The van der Waals surface area contributed by atoms with E-state index in [1.807, 2.05) is 34.6 Å². The van der Waals surface area contributed by atoms with E-state index in [2.05, 4.69) is 0 Å². The van der Waals surface area contributed by atoms with Crippen LogP contribution in [-0.2, 0) is 16.1 Å². The standard InChI is InChI=1S/C21H30ClFN2O3/c1-14(2)25(13-16-17(22)9-6-10-18(16)23)19(26)15-8-7-11-24(12-15)20(27)28-21(3,4)5/h6,9-10,14-15H,7-8,11-13H2,1-5H3/t15-/m1/s1. The van der Waals surface area contributed by atoms with Gasteiger partial charge in [-0.1, -0.05) is 17.7 Å². The summed E-state index contributed by atoms with van der Waals surface area (Å²) in [6.07, 6.45) is 1.01. The van der Waals surface area contributed by atoms with Crippen LogP contribution in [0.1, 0.15) is 53.0 Å². The van der Waals surface area contributed by atoms with Crippen molar-refractivity contribution in [2.75, 3.05) is 13.1 Å². The Morgan fingerprint density at radius 3 is 2.61 bits per heavy atom. The van der Waals surface area contributed by atoms with Gasteiger partial charge >= 0.3 is 6.09 Å². The fraction of sp³-hybridized carbons (Fsp3) is 0.619. The number of piperidine rings is 1. The number of ether oxygens (including phenoxy) is 1. The molecule has 1 fully saturated rings. The molecule has 28 heavy (non-hydrogen) atoms. The summed E-state index contributed by atoms with van der Waals surface area (Å²) < 4.78 is 19.6. The van der Waals surface area contributed by atoms with E-state index in [0.29, 0.717) is 30.1 Å². The highest BCUT2D eigenvalue weighted by atomic mass is 35.5. The van der Waals surface area contributed by atoms with Gasteiger partial charge in [-0.2, -0.15) is 0 Å². The van der Waals surface area contributed by atoms with Crippen LogP contribution in [0.25, 0.3) is 0 Å². The molecule has 5 nitrogen and oxygen atoms in total. The normalized spacial score (nSPS) is 17.6. The molecule has 1 aromatic carbocycles. The fourth-order valence-corrected chi connectivity index (χ4v) is 3.50. The van der Waals surface area contributed by atoms with Crippen LogP contribution in [0.2, 0.25) is 5.02 Å². The van der Waals surface area contributed by atoms with Gasteiger partial charge in [-0.3, -0.25) is 4.79 Å². The van der Waals surface area contributed by atoms with Crippen molar-refractivity contribution >= 4 is 23.6 Å². The summed E-state index contributed by atoms with van der Waals surface area (Å²) in [5, 5.41) is 0.303. The average Bonchev–Trinajstić information content (AvgIpc) is 2.59. The molecule has 1 saturated heterocycles. The Morgan fingerprint density at radius 2 is 2.04 bits per heavy atom. The van der Waals surface area contributed by atoms with Crippen LogP contribution >= 0.6 is 11.6 Å². The number of nitrogens with zero attached hydrogens (tertiary/aromatic N) is 2. The molecule has 1 atom stereocenters. The number of halogens is 2. The number of hydrogen-bond acceptors (Lipinski definition) is 3. The lowest BCUT2D eigenvalue weighted by Gasteiger charge is -2.37. The summed E-state index contributed by atoms with van der Waals surface area (Å²) in [5.74, 6) is -0.859. The molecular weight excluding hydrogens is 383 g/mol. The van der Waals surface area contributed by atoms with E-state index in [9.17, 15) is 14.0 Å². The van der Waals surface area contributed by atoms with Crippen molar-refractivity contribution in [1.82, 2.24) is 9.80 Å². The first-order valence-corrected chi connectivity index (χ1v) is 10.1. The van der Waals surface area contributed by atoms with Gasteiger partial charge in [0.05, 0.1) is 12.5 Å². The third-order valence-electron chi connectivity index (χ3n) is 4.72. The maximum absolute atomic E-state index is 14.2. The van der Waals surface area contributed by atoms with Crippen molar-refractivity contribution in [3.8, 4) is 0 Å². The minimum Gasteiger partial charge on any atom is -0.444 e. The number of amides is 2. The van der Waals surface area contributed by atoms with Crippen LogP contribution in [0, 0.1) is 11.7 Å². The van der Waals surface area contributed by atoms with Crippen LogP contribution in [0.15, 0.2) is 18.2 Å². The molecule has 156 valence electrons. The minimum atomic E-state index is -0.584. The number of likely N-dealkylation sites (tertiary alicyclic amines) is 1. The van der Waals surface area contributed by atoms with Crippen LogP contribution in [0.3, 0.4) is 0 Å². The van der Waals surface area contributed by atoms with Gasteiger partial charge in [0.2, 0.25) is 5.91 Å². The van der Waals surface area contributed by atoms with Gasteiger partial charge in [0.1, 0.15) is 11.4 Å². The van der Waals surface area contributed by atoms with E-state index >= 15 is 0 Å². The molecule has 0 aromatic heterocycles. The van der Waals surface area contributed by atoms with Gasteiger partial charge in [-0.15, -0.1) is 0 Å². The highest BCUT2D eigenvalue weighted by Gasteiger charge is 2.34. The summed E-state index contributed by atoms with van der Waals surface area (Å²) in [7, 11) is 0. The monoisotopic (exact) mass is 412 g/mol. The second kappa shape index (κ2) is 9.12. The third kappa shape index (κ3) is 5.84.